The summed E-state index contributed by atoms with van der Waals surface area (Å²) in [5.74, 6) is -0.395. The van der Waals surface area contributed by atoms with E-state index in [4.69, 9.17) is 4.84 Å². The van der Waals surface area contributed by atoms with Gasteiger partial charge in [0.05, 0.1) is 24.2 Å². The van der Waals surface area contributed by atoms with Crippen LogP contribution in [0.2, 0.25) is 0 Å². The number of nitrogens with zero attached hydrogens (tertiary/aromatic N) is 1. The molecule has 0 aromatic carbocycles. The van der Waals surface area contributed by atoms with Crippen molar-refractivity contribution in [2.75, 3.05) is 6.61 Å². The van der Waals surface area contributed by atoms with Gasteiger partial charge in [-0.2, -0.15) is 0 Å². The molecule has 0 bridgehead atoms. The van der Waals surface area contributed by atoms with Crippen LogP contribution in [0.4, 0.5) is 4.39 Å². The normalized spacial score (nSPS) is 18.8. The molecule has 1 aromatic heterocycles. The van der Waals surface area contributed by atoms with E-state index in [1.165, 1.54) is 12.1 Å². The van der Waals surface area contributed by atoms with Gasteiger partial charge in [0, 0.05) is 5.57 Å². The summed E-state index contributed by atoms with van der Waals surface area (Å²) in [5.41, 5.74) is 3.99. The molecule has 5 heteroatoms. The third kappa shape index (κ3) is 1.79. The Hall–Kier alpha value is -1.46. The van der Waals surface area contributed by atoms with E-state index in [-0.39, 0.29) is 6.61 Å². The maximum Gasteiger partial charge on any atom is 0.141 e. The van der Waals surface area contributed by atoms with E-state index >= 15 is 0 Å². The van der Waals surface area contributed by atoms with Crippen LogP contribution in [0.1, 0.15) is 19.5 Å². The highest BCUT2D eigenvalue weighted by molar-refractivity contribution is 5.67. The number of hydroxylamine groups is 1. The Bertz CT molecular complexity index is 426. The molecule has 86 valence electrons. The van der Waals surface area contributed by atoms with Crippen molar-refractivity contribution in [1.82, 2.24) is 10.5 Å². The predicted molar refractivity (Wildman–Crippen MR) is 56.5 cm³/mol. The lowest BCUT2D eigenvalue weighted by atomic mass is 9.97. The van der Waals surface area contributed by atoms with Crippen LogP contribution in [0.3, 0.4) is 0 Å². The number of nitrogens with one attached hydrogen (secondary N) is 1. The Labute approximate surface area is 92.7 Å². The van der Waals surface area contributed by atoms with Gasteiger partial charge in [-0.15, -0.1) is 0 Å². The summed E-state index contributed by atoms with van der Waals surface area (Å²) in [6.07, 6.45) is 1.13. The third-order valence-electron chi connectivity index (χ3n) is 2.58. The summed E-state index contributed by atoms with van der Waals surface area (Å²) in [7, 11) is 0. The van der Waals surface area contributed by atoms with Crippen LogP contribution in [0, 0.1) is 5.82 Å². The van der Waals surface area contributed by atoms with E-state index in [0.717, 1.165) is 6.20 Å². The molecule has 4 nitrogen and oxygen atoms in total. The number of hydrogen-bond acceptors (Lipinski definition) is 4. The summed E-state index contributed by atoms with van der Waals surface area (Å²) in [4.78, 5) is 9.26. The van der Waals surface area contributed by atoms with Crippen molar-refractivity contribution < 1.29 is 14.3 Å². The van der Waals surface area contributed by atoms with Gasteiger partial charge in [0.15, 0.2) is 0 Å². The van der Waals surface area contributed by atoms with Crippen LogP contribution in [0.25, 0.3) is 5.70 Å². The monoisotopic (exact) mass is 224 g/mol. The first kappa shape index (κ1) is 11.0. The molecule has 16 heavy (non-hydrogen) atoms. The van der Waals surface area contributed by atoms with Crippen molar-refractivity contribution in [2.45, 2.75) is 19.4 Å². The average Bonchev–Trinajstić information content (AvgIpc) is 2.54. The van der Waals surface area contributed by atoms with E-state index in [1.54, 1.807) is 0 Å². The molecule has 0 fully saturated rings. The van der Waals surface area contributed by atoms with Crippen LogP contribution in [0.15, 0.2) is 23.9 Å². The molecule has 0 saturated carbocycles. The molecule has 2 heterocycles. The third-order valence-corrected chi connectivity index (χ3v) is 2.58. The highest BCUT2D eigenvalue weighted by Gasteiger charge is 2.34. The molecule has 2 N–H and O–H groups in total. The van der Waals surface area contributed by atoms with Gasteiger partial charge in [0.25, 0.3) is 0 Å². The number of pyridine rings is 1. The van der Waals surface area contributed by atoms with Crippen molar-refractivity contribution in [3.63, 3.8) is 0 Å². The first-order valence-corrected chi connectivity index (χ1v) is 4.95. The zero-order valence-corrected chi connectivity index (χ0v) is 9.12. The summed E-state index contributed by atoms with van der Waals surface area (Å²) in [6, 6.07) is 2.86. The lowest BCUT2D eigenvalue weighted by Gasteiger charge is -2.17. The minimum absolute atomic E-state index is 0.131. The summed E-state index contributed by atoms with van der Waals surface area (Å²) >= 11 is 0. The van der Waals surface area contributed by atoms with Gasteiger partial charge in [-0.05, 0) is 26.0 Å². The molecule has 0 amide bonds. The van der Waals surface area contributed by atoms with Gasteiger partial charge in [0.1, 0.15) is 11.4 Å². The fourth-order valence-corrected chi connectivity index (χ4v) is 1.60. The number of aromatic nitrogens is 1. The molecule has 0 atom stereocenters. The zero-order valence-electron chi connectivity index (χ0n) is 9.12. The Morgan fingerprint density at radius 2 is 2.25 bits per heavy atom. The minimum atomic E-state index is -0.583. The second kappa shape index (κ2) is 3.84. The smallest absolute Gasteiger partial charge is 0.141 e. The Kier molecular flexibility index (Phi) is 2.65. The maximum absolute atomic E-state index is 12.7. The molecular formula is C11H13FN2O2. The highest BCUT2D eigenvalue weighted by atomic mass is 19.1. The topological polar surface area (TPSA) is 54.4 Å². The summed E-state index contributed by atoms with van der Waals surface area (Å²) < 4.78 is 12.7. The molecule has 2 rings (SSSR count). The Morgan fingerprint density at radius 3 is 2.81 bits per heavy atom. The number of aliphatic hydroxyl groups excluding tert-OH is 1. The van der Waals surface area contributed by atoms with Crippen LogP contribution < -0.4 is 5.48 Å². The van der Waals surface area contributed by atoms with Gasteiger partial charge in [-0.25, -0.2) is 4.39 Å². The summed E-state index contributed by atoms with van der Waals surface area (Å²) in [5, 5.41) is 9.31. The van der Waals surface area contributed by atoms with Crippen molar-refractivity contribution >= 4 is 5.70 Å². The summed E-state index contributed by atoms with van der Waals surface area (Å²) in [6.45, 7) is 3.54. The molecule has 1 aromatic rings. The maximum atomic E-state index is 12.7. The number of halogens is 1. The molecule has 1 aliphatic heterocycles. The van der Waals surface area contributed by atoms with Crippen molar-refractivity contribution in [3.05, 3.63) is 35.4 Å². The molecular weight excluding hydrogens is 211 g/mol. The molecule has 0 saturated heterocycles. The SMILES string of the molecule is CC1(C)ONC(c2ccc(F)cn2)=C1CO. The van der Waals surface area contributed by atoms with Crippen molar-refractivity contribution in [1.29, 1.82) is 0 Å². The first-order chi connectivity index (χ1) is 7.54. The largest absolute Gasteiger partial charge is 0.392 e. The van der Waals surface area contributed by atoms with Gasteiger partial charge in [-0.3, -0.25) is 15.3 Å². The predicted octanol–water partition coefficient (Wildman–Crippen LogP) is 1.24. The Morgan fingerprint density at radius 1 is 1.50 bits per heavy atom. The average molecular weight is 224 g/mol. The fraction of sp³-hybridized carbons (Fsp3) is 0.364. The molecule has 0 unspecified atom stereocenters. The van der Waals surface area contributed by atoms with Crippen molar-refractivity contribution in [2.24, 2.45) is 0 Å². The van der Waals surface area contributed by atoms with E-state index in [9.17, 15) is 9.50 Å². The second-order valence-electron chi connectivity index (χ2n) is 4.09. The van der Waals surface area contributed by atoms with E-state index in [2.05, 4.69) is 10.5 Å². The molecule has 0 aliphatic carbocycles. The number of hydrogen-bond donors (Lipinski definition) is 2. The molecule has 0 radical (unpaired) electrons. The van der Waals surface area contributed by atoms with E-state index < -0.39 is 11.4 Å². The van der Waals surface area contributed by atoms with Crippen LogP contribution >= 0.6 is 0 Å². The fourth-order valence-electron chi connectivity index (χ4n) is 1.60. The van der Waals surface area contributed by atoms with E-state index in [1.807, 2.05) is 13.8 Å². The van der Waals surface area contributed by atoms with Crippen LogP contribution in [0.5, 0.6) is 0 Å². The lowest BCUT2D eigenvalue weighted by molar-refractivity contribution is -0.0183. The Balaban J connectivity index is 2.44. The first-order valence-electron chi connectivity index (χ1n) is 4.95. The minimum Gasteiger partial charge on any atom is -0.392 e. The lowest BCUT2D eigenvalue weighted by Crippen LogP contribution is -2.25. The zero-order chi connectivity index (χ0) is 11.8. The van der Waals surface area contributed by atoms with Gasteiger partial charge >= 0.3 is 0 Å². The van der Waals surface area contributed by atoms with Crippen LogP contribution in [-0.2, 0) is 4.84 Å². The van der Waals surface area contributed by atoms with Crippen LogP contribution in [-0.4, -0.2) is 22.3 Å². The number of aliphatic hydroxyl groups is 1. The quantitative estimate of drug-likeness (QED) is 0.793. The molecule has 1 aliphatic rings. The number of rotatable bonds is 2. The second-order valence-corrected chi connectivity index (χ2v) is 4.09. The van der Waals surface area contributed by atoms with Gasteiger partial charge in [-0.1, -0.05) is 0 Å². The van der Waals surface area contributed by atoms with E-state index in [0.29, 0.717) is 17.0 Å². The molecule has 0 spiro atoms. The van der Waals surface area contributed by atoms with Crippen molar-refractivity contribution in [3.8, 4) is 0 Å². The standard InChI is InChI=1S/C11H13FN2O2/c1-11(2)8(6-15)10(14-16-11)9-4-3-7(12)5-13-9/h3-5,14-15H,6H2,1-2H3. The van der Waals surface area contributed by atoms with Gasteiger partial charge < -0.3 is 5.11 Å². The van der Waals surface area contributed by atoms with Gasteiger partial charge in [0.2, 0.25) is 0 Å². The highest BCUT2D eigenvalue weighted by Crippen LogP contribution is 2.31.